The van der Waals surface area contributed by atoms with Crippen LogP contribution in [-0.2, 0) is 0 Å². The van der Waals surface area contributed by atoms with Crippen molar-refractivity contribution in [1.29, 1.82) is 0 Å². The zero-order chi connectivity index (χ0) is 14.4. The van der Waals surface area contributed by atoms with E-state index in [0.29, 0.717) is 18.6 Å². The largest absolute Gasteiger partial charge is 0.486 e. The molecule has 1 aromatic rings. The molecular weight excluding hydrogens is 250 g/mol. The lowest BCUT2D eigenvalue weighted by molar-refractivity contribution is 0.0420. The highest BCUT2D eigenvalue weighted by Gasteiger charge is 2.32. The first kappa shape index (κ1) is 15.2. The Morgan fingerprint density at radius 3 is 2.50 bits per heavy atom. The maximum atomic E-state index is 6.19. The van der Waals surface area contributed by atoms with Gasteiger partial charge in [0.15, 0.2) is 11.5 Å². The van der Waals surface area contributed by atoms with E-state index in [1.54, 1.807) is 0 Å². The van der Waals surface area contributed by atoms with E-state index in [0.717, 1.165) is 24.5 Å². The number of para-hydroxylation sites is 2. The Kier molecular flexibility index (Phi) is 5.72. The van der Waals surface area contributed by atoms with Crippen molar-refractivity contribution in [3.05, 3.63) is 24.3 Å². The van der Waals surface area contributed by atoms with Crippen molar-refractivity contribution in [2.75, 3.05) is 13.2 Å². The lowest BCUT2D eigenvalue weighted by Crippen LogP contribution is -2.51. The van der Waals surface area contributed by atoms with Gasteiger partial charge in [0.05, 0.1) is 6.04 Å². The summed E-state index contributed by atoms with van der Waals surface area (Å²) in [6.45, 7) is 8.38. The van der Waals surface area contributed by atoms with Crippen LogP contribution < -0.4 is 14.8 Å². The summed E-state index contributed by atoms with van der Waals surface area (Å²) < 4.78 is 12.1. The lowest BCUT2D eigenvalue weighted by Gasteiger charge is -2.36. The van der Waals surface area contributed by atoms with Gasteiger partial charge in [-0.3, -0.25) is 0 Å². The topological polar surface area (TPSA) is 30.5 Å². The molecule has 0 fully saturated rings. The van der Waals surface area contributed by atoms with Gasteiger partial charge in [0.1, 0.15) is 12.7 Å². The average molecular weight is 277 g/mol. The molecule has 20 heavy (non-hydrogen) atoms. The van der Waals surface area contributed by atoms with Gasteiger partial charge in [-0.2, -0.15) is 0 Å². The maximum Gasteiger partial charge on any atom is 0.161 e. The maximum absolute atomic E-state index is 6.19. The van der Waals surface area contributed by atoms with Crippen molar-refractivity contribution in [2.24, 2.45) is 5.92 Å². The summed E-state index contributed by atoms with van der Waals surface area (Å²) >= 11 is 0. The minimum atomic E-state index is 0.0985. The Hall–Kier alpha value is -1.22. The second-order valence-corrected chi connectivity index (χ2v) is 5.47. The summed E-state index contributed by atoms with van der Waals surface area (Å²) in [5.41, 5.74) is 0. The summed E-state index contributed by atoms with van der Waals surface area (Å²) in [5.74, 6) is 2.36. The fourth-order valence-corrected chi connectivity index (χ4v) is 2.92. The molecule has 0 bridgehead atoms. The molecular formula is C17H27NO2. The van der Waals surface area contributed by atoms with Crippen LogP contribution in [0.2, 0.25) is 0 Å². The Morgan fingerprint density at radius 1 is 1.15 bits per heavy atom. The van der Waals surface area contributed by atoms with Crippen LogP contribution in [0, 0.1) is 5.92 Å². The lowest BCUT2D eigenvalue weighted by atomic mass is 9.90. The second-order valence-electron chi connectivity index (χ2n) is 5.47. The third kappa shape index (κ3) is 3.45. The molecule has 1 N–H and O–H groups in total. The smallest absolute Gasteiger partial charge is 0.161 e. The number of fused-ring (bicyclic) bond motifs is 1. The molecule has 2 atom stereocenters. The number of nitrogens with one attached hydrogen (secondary N) is 1. The van der Waals surface area contributed by atoms with Crippen LogP contribution >= 0.6 is 0 Å². The summed E-state index contributed by atoms with van der Waals surface area (Å²) in [6, 6.07) is 8.30. The molecule has 0 aliphatic carbocycles. The van der Waals surface area contributed by atoms with Crippen LogP contribution in [0.25, 0.3) is 0 Å². The van der Waals surface area contributed by atoms with Gasteiger partial charge in [-0.1, -0.05) is 45.7 Å². The minimum absolute atomic E-state index is 0.0985. The third-order valence-electron chi connectivity index (χ3n) is 4.12. The number of hydrogen-bond donors (Lipinski definition) is 1. The monoisotopic (exact) mass is 277 g/mol. The normalized spacial score (nSPS) is 19.1. The molecule has 112 valence electrons. The zero-order valence-corrected chi connectivity index (χ0v) is 12.9. The molecule has 0 spiro atoms. The van der Waals surface area contributed by atoms with Crippen molar-refractivity contribution in [3.63, 3.8) is 0 Å². The third-order valence-corrected chi connectivity index (χ3v) is 4.12. The van der Waals surface area contributed by atoms with E-state index in [-0.39, 0.29) is 6.10 Å². The predicted molar refractivity (Wildman–Crippen MR) is 82.5 cm³/mol. The zero-order valence-electron chi connectivity index (χ0n) is 12.9. The Bertz CT molecular complexity index is 404. The van der Waals surface area contributed by atoms with Gasteiger partial charge in [-0.25, -0.2) is 0 Å². The van der Waals surface area contributed by atoms with Crippen LogP contribution in [0.1, 0.15) is 40.0 Å². The molecule has 0 amide bonds. The molecule has 3 heteroatoms. The molecule has 3 nitrogen and oxygen atoms in total. The van der Waals surface area contributed by atoms with E-state index in [4.69, 9.17) is 9.47 Å². The van der Waals surface area contributed by atoms with E-state index < -0.39 is 0 Å². The van der Waals surface area contributed by atoms with E-state index in [2.05, 4.69) is 26.1 Å². The van der Waals surface area contributed by atoms with E-state index >= 15 is 0 Å². The van der Waals surface area contributed by atoms with Gasteiger partial charge >= 0.3 is 0 Å². The highest BCUT2D eigenvalue weighted by Crippen LogP contribution is 2.33. The quantitative estimate of drug-likeness (QED) is 0.825. The average Bonchev–Trinajstić information content (AvgIpc) is 2.51. The molecule has 1 aromatic carbocycles. The van der Waals surface area contributed by atoms with Crippen LogP contribution in [0.3, 0.4) is 0 Å². The number of rotatable bonds is 7. The molecule has 1 aliphatic heterocycles. The van der Waals surface area contributed by atoms with Gasteiger partial charge in [-0.05, 0) is 31.0 Å². The molecule has 2 unspecified atom stereocenters. The van der Waals surface area contributed by atoms with Gasteiger partial charge in [0.2, 0.25) is 0 Å². The van der Waals surface area contributed by atoms with E-state index in [1.807, 2.05) is 24.3 Å². The highest BCUT2D eigenvalue weighted by molar-refractivity contribution is 5.40. The summed E-state index contributed by atoms with van der Waals surface area (Å²) in [4.78, 5) is 0. The molecule has 0 radical (unpaired) electrons. The second kappa shape index (κ2) is 7.53. The van der Waals surface area contributed by atoms with Crippen molar-refractivity contribution in [3.8, 4) is 11.5 Å². The van der Waals surface area contributed by atoms with Crippen LogP contribution in [0.5, 0.6) is 11.5 Å². The van der Waals surface area contributed by atoms with Crippen molar-refractivity contribution < 1.29 is 9.47 Å². The van der Waals surface area contributed by atoms with Crippen LogP contribution in [-0.4, -0.2) is 25.3 Å². The first-order valence-corrected chi connectivity index (χ1v) is 7.91. The molecule has 0 saturated carbocycles. The fraction of sp³-hybridized carbons (Fsp3) is 0.647. The predicted octanol–water partition coefficient (Wildman–Crippen LogP) is 3.63. The fourth-order valence-electron chi connectivity index (χ4n) is 2.92. The first-order valence-electron chi connectivity index (χ1n) is 7.91. The first-order chi connectivity index (χ1) is 9.80. The molecule has 1 heterocycles. The van der Waals surface area contributed by atoms with Gasteiger partial charge in [0, 0.05) is 0 Å². The number of benzene rings is 1. The standard InChI is InChI=1S/C17H27NO2/c1-4-11-18-17(13(5-2)6-3)16-12-19-14-9-7-8-10-15(14)20-16/h7-10,13,16-18H,4-6,11-12H2,1-3H3. The molecule has 0 aromatic heterocycles. The molecule has 0 saturated heterocycles. The summed E-state index contributed by atoms with van der Waals surface area (Å²) in [5, 5.41) is 3.67. The highest BCUT2D eigenvalue weighted by atomic mass is 16.6. The number of hydrogen-bond acceptors (Lipinski definition) is 3. The van der Waals surface area contributed by atoms with Gasteiger partial charge in [-0.15, -0.1) is 0 Å². The van der Waals surface area contributed by atoms with Gasteiger partial charge < -0.3 is 14.8 Å². The van der Waals surface area contributed by atoms with Crippen molar-refractivity contribution >= 4 is 0 Å². The Labute approximate surface area is 122 Å². The SMILES string of the molecule is CCCNC(C(CC)CC)C1COc2ccccc2O1. The minimum Gasteiger partial charge on any atom is -0.486 e. The van der Waals surface area contributed by atoms with Gasteiger partial charge in [0.25, 0.3) is 0 Å². The van der Waals surface area contributed by atoms with Crippen molar-refractivity contribution in [2.45, 2.75) is 52.2 Å². The molecule has 1 aliphatic rings. The Balaban J connectivity index is 2.10. The summed E-state index contributed by atoms with van der Waals surface area (Å²) in [6.07, 6.45) is 3.57. The Morgan fingerprint density at radius 2 is 1.85 bits per heavy atom. The van der Waals surface area contributed by atoms with Crippen LogP contribution in [0.4, 0.5) is 0 Å². The van der Waals surface area contributed by atoms with Crippen molar-refractivity contribution in [1.82, 2.24) is 5.32 Å². The van der Waals surface area contributed by atoms with E-state index in [1.165, 1.54) is 12.8 Å². The van der Waals surface area contributed by atoms with Crippen LogP contribution in [0.15, 0.2) is 24.3 Å². The summed E-state index contributed by atoms with van der Waals surface area (Å²) in [7, 11) is 0. The number of ether oxygens (including phenoxy) is 2. The van der Waals surface area contributed by atoms with E-state index in [9.17, 15) is 0 Å². The molecule has 2 rings (SSSR count).